The summed E-state index contributed by atoms with van der Waals surface area (Å²) in [5.74, 6) is -1.08. The molecule has 0 radical (unpaired) electrons. The lowest BCUT2D eigenvalue weighted by atomic mass is 9.97. The highest BCUT2D eigenvalue weighted by Gasteiger charge is 2.30. The van der Waals surface area contributed by atoms with E-state index in [-0.39, 0.29) is 12.5 Å². The van der Waals surface area contributed by atoms with Gasteiger partial charge in [-0.25, -0.2) is 0 Å². The smallest absolute Gasteiger partial charge is 0.323 e. The number of hydrogen-bond acceptors (Lipinski definition) is 3. The maximum atomic E-state index is 11.7. The van der Waals surface area contributed by atoms with Gasteiger partial charge in [-0.05, 0) is 45.4 Å². The topological polar surface area (TPSA) is 78.4 Å². The summed E-state index contributed by atoms with van der Waals surface area (Å²) in [6.45, 7) is 4.04. The summed E-state index contributed by atoms with van der Waals surface area (Å²) in [4.78, 5) is 22.8. The first-order chi connectivity index (χ1) is 9.48. The van der Waals surface area contributed by atoms with Crippen molar-refractivity contribution in [2.75, 3.05) is 13.1 Å². The predicted octanol–water partition coefficient (Wildman–Crippen LogP) is 1.84. The van der Waals surface area contributed by atoms with Gasteiger partial charge >= 0.3 is 5.97 Å². The fourth-order valence-electron chi connectivity index (χ4n) is 2.18. The second-order valence-corrected chi connectivity index (χ2v) is 5.55. The van der Waals surface area contributed by atoms with Crippen LogP contribution < -0.4 is 10.6 Å². The van der Waals surface area contributed by atoms with Gasteiger partial charge in [0.25, 0.3) is 0 Å². The van der Waals surface area contributed by atoms with Crippen LogP contribution in [0, 0.1) is 0 Å². The van der Waals surface area contributed by atoms with Crippen LogP contribution >= 0.6 is 0 Å². The van der Waals surface area contributed by atoms with E-state index >= 15 is 0 Å². The molecule has 0 heterocycles. The maximum Gasteiger partial charge on any atom is 0.323 e. The SMILES string of the molecule is CCC(C)(NCC(=O)NCCC1=CCCCC1)C(=O)O. The van der Waals surface area contributed by atoms with Crippen molar-refractivity contribution in [1.82, 2.24) is 10.6 Å². The van der Waals surface area contributed by atoms with Crippen molar-refractivity contribution >= 4 is 11.9 Å². The fraction of sp³-hybridized carbons (Fsp3) is 0.733. The molecule has 0 bridgehead atoms. The summed E-state index contributed by atoms with van der Waals surface area (Å²) >= 11 is 0. The molecule has 0 saturated heterocycles. The second-order valence-electron chi connectivity index (χ2n) is 5.55. The van der Waals surface area contributed by atoms with Crippen LogP contribution in [0.5, 0.6) is 0 Å². The Morgan fingerprint density at radius 2 is 2.15 bits per heavy atom. The number of carbonyl (C=O) groups excluding carboxylic acids is 1. The summed E-state index contributed by atoms with van der Waals surface area (Å²) in [5.41, 5.74) is 0.386. The first-order valence-electron chi connectivity index (χ1n) is 7.41. The number of carbonyl (C=O) groups is 2. The largest absolute Gasteiger partial charge is 0.480 e. The average Bonchev–Trinajstić information content (AvgIpc) is 2.45. The highest BCUT2D eigenvalue weighted by Crippen LogP contribution is 2.19. The molecule has 0 spiro atoms. The number of hydrogen-bond donors (Lipinski definition) is 3. The highest BCUT2D eigenvalue weighted by molar-refractivity contribution is 5.81. The molecule has 0 aliphatic heterocycles. The van der Waals surface area contributed by atoms with E-state index in [1.807, 2.05) is 0 Å². The number of allylic oxidation sites excluding steroid dienone is 1. The van der Waals surface area contributed by atoms with E-state index in [1.165, 1.54) is 18.4 Å². The Kier molecular flexibility index (Phi) is 6.71. The Labute approximate surface area is 120 Å². The van der Waals surface area contributed by atoms with E-state index in [1.54, 1.807) is 13.8 Å². The van der Waals surface area contributed by atoms with Crippen LogP contribution in [0.2, 0.25) is 0 Å². The van der Waals surface area contributed by atoms with Crippen molar-refractivity contribution in [3.8, 4) is 0 Å². The average molecular weight is 282 g/mol. The molecule has 1 amide bonds. The van der Waals surface area contributed by atoms with E-state index in [0.717, 1.165) is 19.3 Å². The Bertz CT molecular complexity index is 379. The molecule has 1 atom stereocenters. The zero-order chi connectivity index (χ0) is 15.0. The number of carboxylic acid groups (broad SMARTS) is 1. The molecule has 5 heteroatoms. The minimum Gasteiger partial charge on any atom is -0.480 e. The molecule has 114 valence electrons. The van der Waals surface area contributed by atoms with Crippen molar-refractivity contribution in [2.45, 2.75) is 57.9 Å². The van der Waals surface area contributed by atoms with Gasteiger partial charge in [-0.15, -0.1) is 0 Å². The molecule has 0 aromatic carbocycles. The molecule has 1 unspecified atom stereocenters. The van der Waals surface area contributed by atoms with Crippen LogP contribution in [0.15, 0.2) is 11.6 Å². The molecule has 20 heavy (non-hydrogen) atoms. The van der Waals surface area contributed by atoms with Gasteiger partial charge in [0.1, 0.15) is 5.54 Å². The van der Waals surface area contributed by atoms with E-state index < -0.39 is 11.5 Å². The lowest BCUT2D eigenvalue weighted by Gasteiger charge is -2.24. The Balaban J connectivity index is 2.23. The van der Waals surface area contributed by atoms with Crippen LogP contribution in [0.3, 0.4) is 0 Å². The zero-order valence-electron chi connectivity index (χ0n) is 12.5. The Morgan fingerprint density at radius 3 is 2.70 bits per heavy atom. The molecular formula is C15H26N2O3. The zero-order valence-corrected chi connectivity index (χ0v) is 12.5. The fourth-order valence-corrected chi connectivity index (χ4v) is 2.18. The van der Waals surface area contributed by atoms with Crippen LogP contribution in [-0.2, 0) is 9.59 Å². The standard InChI is InChI=1S/C15H26N2O3/c1-3-15(2,14(19)20)17-11-13(18)16-10-9-12-7-5-4-6-8-12/h7,17H,3-6,8-11H2,1-2H3,(H,16,18)(H,19,20). The molecule has 1 rings (SSSR count). The number of rotatable bonds is 8. The van der Waals surface area contributed by atoms with Gasteiger partial charge in [0.05, 0.1) is 6.54 Å². The summed E-state index contributed by atoms with van der Waals surface area (Å²) < 4.78 is 0. The number of nitrogens with one attached hydrogen (secondary N) is 2. The first kappa shape index (κ1) is 16.7. The van der Waals surface area contributed by atoms with Crippen molar-refractivity contribution in [1.29, 1.82) is 0 Å². The molecule has 1 aliphatic rings. The third-order valence-electron chi connectivity index (χ3n) is 3.97. The molecule has 0 fully saturated rings. The van der Waals surface area contributed by atoms with Crippen molar-refractivity contribution in [2.24, 2.45) is 0 Å². The molecule has 5 nitrogen and oxygen atoms in total. The lowest BCUT2D eigenvalue weighted by Crippen LogP contribution is -2.52. The molecule has 0 aromatic rings. The third kappa shape index (κ3) is 5.33. The number of amides is 1. The second kappa shape index (κ2) is 8.04. The number of carboxylic acids is 1. The van der Waals surface area contributed by atoms with Gasteiger partial charge in [-0.1, -0.05) is 18.6 Å². The highest BCUT2D eigenvalue weighted by atomic mass is 16.4. The van der Waals surface area contributed by atoms with Crippen molar-refractivity contribution in [3.05, 3.63) is 11.6 Å². The number of aliphatic carboxylic acids is 1. The first-order valence-corrected chi connectivity index (χ1v) is 7.41. The van der Waals surface area contributed by atoms with Gasteiger partial charge in [-0.3, -0.25) is 14.9 Å². The van der Waals surface area contributed by atoms with Crippen LogP contribution in [0.1, 0.15) is 52.4 Å². The van der Waals surface area contributed by atoms with E-state index in [4.69, 9.17) is 5.11 Å². The summed E-state index contributed by atoms with van der Waals surface area (Å²) in [6.07, 6.45) is 8.41. The summed E-state index contributed by atoms with van der Waals surface area (Å²) in [5, 5.41) is 14.7. The quantitative estimate of drug-likeness (QED) is 0.594. The predicted molar refractivity (Wildman–Crippen MR) is 78.5 cm³/mol. The molecule has 0 saturated carbocycles. The van der Waals surface area contributed by atoms with Crippen LogP contribution in [0.25, 0.3) is 0 Å². The Hall–Kier alpha value is -1.36. The van der Waals surface area contributed by atoms with Gasteiger partial charge in [0.15, 0.2) is 0 Å². The molecule has 3 N–H and O–H groups in total. The normalized spacial score (nSPS) is 18.0. The van der Waals surface area contributed by atoms with Crippen LogP contribution in [-0.4, -0.2) is 35.6 Å². The molecule has 0 aromatic heterocycles. The van der Waals surface area contributed by atoms with Crippen molar-refractivity contribution < 1.29 is 14.7 Å². The summed E-state index contributed by atoms with van der Waals surface area (Å²) in [7, 11) is 0. The minimum atomic E-state index is -1.04. The molecular weight excluding hydrogens is 256 g/mol. The monoisotopic (exact) mass is 282 g/mol. The molecule has 1 aliphatic carbocycles. The van der Waals surface area contributed by atoms with Gasteiger partial charge in [0, 0.05) is 6.54 Å². The van der Waals surface area contributed by atoms with Gasteiger partial charge in [-0.2, -0.15) is 0 Å². The third-order valence-corrected chi connectivity index (χ3v) is 3.97. The van der Waals surface area contributed by atoms with Gasteiger partial charge in [0.2, 0.25) is 5.91 Å². The van der Waals surface area contributed by atoms with Crippen LogP contribution in [0.4, 0.5) is 0 Å². The van der Waals surface area contributed by atoms with E-state index in [0.29, 0.717) is 13.0 Å². The van der Waals surface area contributed by atoms with Crippen molar-refractivity contribution in [3.63, 3.8) is 0 Å². The van der Waals surface area contributed by atoms with E-state index in [2.05, 4.69) is 16.7 Å². The van der Waals surface area contributed by atoms with E-state index in [9.17, 15) is 9.59 Å². The summed E-state index contributed by atoms with van der Waals surface area (Å²) in [6, 6.07) is 0. The Morgan fingerprint density at radius 1 is 1.40 bits per heavy atom. The minimum absolute atomic E-state index is 0.0374. The maximum absolute atomic E-state index is 11.7. The lowest BCUT2D eigenvalue weighted by molar-refractivity contribution is -0.144. The van der Waals surface area contributed by atoms with Gasteiger partial charge < -0.3 is 10.4 Å².